The van der Waals surface area contributed by atoms with Crippen LogP contribution in [0.1, 0.15) is 38.2 Å². The second-order valence-corrected chi connectivity index (χ2v) is 5.26. The van der Waals surface area contributed by atoms with Crippen molar-refractivity contribution in [2.45, 2.75) is 32.6 Å². The first kappa shape index (κ1) is 13.6. The average Bonchev–Trinajstić information content (AvgIpc) is 2.86. The third-order valence-electron chi connectivity index (χ3n) is 3.71. The van der Waals surface area contributed by atoms with Crippen LogP contribution in [0.15, 0.2) is 24.3 Å². The number of carbonyl (C=O) groups is 1. The van der Waals surface area contributed by atoms with Crippen molar-refractivity contribution < 1.29 is 9.90 Å². The Labute approximate surface area is 114 Å². The third kappa shape index (κ3) is 3.36. The number of nitrogens with one attached hydrogen (secondary N) is 1. The molecule has 1 amide bonds. The number of hydrogen-bond donors (Lipinski definition) is 2. The van der Waals surface area contributed by atoms with Gasteiger partial charge in [-0.1, -0.05) is 31.6 Å². The number of aliphatic hydroxyl groups excluding tert-OH is 1. The predicted molar refractivity (Wildman–Crippen MR) is 75.6 cm³/mol. The second-order valence-electron chi connectivity index (χ2n) is 5.26. The van der Waals surface area contributed by atoms with Gasteiger partial charge >= 0.3 is 0 Å². The first-order chi connectivity index (χ1) is 9.14. The summed E-state index contributed by atoms with van der Waals surface area (Å²) in [6.45, 7) is 1.90. The van der Waals surface area contributed by atoms with Gasteiger partial charge in [-0.2, -0.15) is 0 Å². The number of anilines is 1. The summed E-state index contributed by atoms with van der Waals surface area (Å²) >= 11 is 0. The Morgan fingerprint density at radius 1 is 1.32 bits per heavy atom. The summed E-state index contributed by atoms with van der Waals surface area (Å²) < 4.78 is 0. The van der Waals surface area contributed by atoms with Crippen LogP contribution in [-0.4, -0.2) is 17.6 Å². The van der Waals surface area contributed by atoms with Crippen molar-refractivity contribution in [3.63, 3.8) is 0 Å². The molecule has 0 atom stereocenters. The van der Waals surface area contributed by atoms with Crippen LogP contribution in [0.2, 0.25) is 0 Å². The fourth-order valence-corrected chi connectivity index (χ4v) is 2.44. The lowest BCUT2D eigenvalue weighted by Crippen LogP contribution is -2.30. The third-order valence-corrected chi connectivity index (χ3v) is 3.71. The largest absolute Gasteiger partial charge is 0.384 e. The van der Waals surface area contributed by atoms with Crippen LogP contribution in [0, 0.1) is 17.3 Å². The SMILES string of the molecule is CC1(C(=O)Nc2ccc(C#CCO)cc2)CCCC1. The summed E-state index contributed by atoms with van der Waals surface area (Å²) in [5.74, 6) is 5.53. The molecule has 1 aliphatic carbocycles. The lowest BCUT2D eigenvalue weighted by Gasteiger charge is -2.22. The van der Waals surface area contributed by atoms with E-state index in [-0.39, 0.29) is 17.9 Å². The van der Waals surface area contributed by atoms with Gasteiger partial charge in [-0.25, -0.2) is 0 Å². The van der Waals surface area contributed by atoms with E-state index in [0.29, 0.717) is 0 Å². The van der Waals surface area contributed by atoms with Crippen LogP contribution in [0.4, 0.5) is 5.69 Å². The van der Waals surface area contributed by atoms with Gasteiger partial charge in [0.2, 0.25) is 5.91 Å². The molecule has 0 heterocycles. The van der Waals surface area contributed by atoms with Crippen molar-refractivity contribution in [3.8, 4) is 11.8 Å². The molecule has 100 valence electrons. The molecule has 0 bridgehead atoms. The Morgan fingerprint density at radius 2 is 1.95 bits per heavy atom. The van der Waals surface area contributed by atoms with Gasteiger partial charge in [-0.15, -0.1) is 0 Å². The molecule has 3 heteroatoms. The van der Waals surface area contributed by atoms with Crippen LogP contribution in [-0.2, 0) is 4.79 Å². The highest BCUT2D eigenvalue weighted by Crippen LogP contribution is 2.38. The van der Waals surface area contributed by atoms with E-state index in [1.807, 2.05) is 31.2 Å². The quantitative estimate of drug-likeness (QED) is 0.800. The normalized spacial score (nSPS) is 16.5. The number of benzene rings is 1. The van der Waals surface area contributed by atoms with Gasteiger partial charge in [0.25, 0.3) is 0 Å². The van der Waals surface area contributed by atoms with E-state index in [9.17, 15) is 4.79 Å². The number of aliphatic hydroxyl groups is 1. The molecule has 0 aliphatic heterocycles. The van der Waals surface area contributed by atoms with Gasteiger partial charge in [-0.05, 0) is 37.1 Å². The summed E-state index contributed by atoms with van der Waals surface area (Å²) in [6.07, 6.45) is 4.22. The highest BCUT2D eigenvalue weighted by Gasteiger charge is 2.36. The fourth-order valence-electron chi connectivity index (χ4n) is 2.44. The summed E-state index contributed by atoms with van der Waals surface area (Å²) in [5, 5.41) is 11.6. The minimum Gasteiger partial charge on any atom is -0.384 e. The molecule has 19 heavy (non-hydrogen) atoms. The Morgan fingerprint density at radius 3 is 2.53 bits per heavy atom. The zero-order valence-corrected chi connectivity index (χ0v) is 11.2. The van der Waals surface area contributed by atoms with Crippen molar-refractivity contribution in [2.24, 2.45) is 5.41 Å². The van der Waals surface area contributed by atoms with Gasteiger partial charge in [0.1, 0.15) is 6.61 Å². The number of amides is 1. The van der Waals surface area contributed by atoms with E-state index in [2.05, 4.69) is 17.2 Å². The molecule has 0 saturated heterocycles. The molecule has 2 rings (SSSR count). The maximum absolute atomic E-state index is 12.2. The lowest BCUT2D eigenvalue weighted by molar-refractivity contribution is -0.124. The fraction of sp³-hybridized carbons (Fsp3) is 0.438. The van der Waals surface area contributed by atoms with E-state index in [0.717, 1.165) is 36.9 Å². The van der Waals surface area contributed by atoms with Crippen molar-refractivity contribution in [3.05, 3.63) is 29.8 Å². The van der Waals surface area contributed by atoms with Crippen molar-refractivity contribution in [1.82, 2.24) is 0 Å². The maximum atomic E-state index is 12.2. The Hall–Kier alpha value is -1.79. The van der Waals surface area contributed by atoms with E-state index >= 15 is 0 Å². The van der Waals surface area contributed by atoms with Crippen molar-refractivity contribution in [2.75, 3.05) is 11.9 Å². The molecule has 0 spiro atoms. The van der Waals surface area contributed by atoms with Crippen LogP contribution in [0.3, 0.4) is 0 Å². The molecule has 1 aromatic rings. The van der Waals surface area contributed by atoms with E-state index in [1.54, 1.807) is 0 Å². The Bertz CT molecular complexity index is 502. The van der Waals surface area contributed by atoms with Gasteiger partial charge < -0.3 is 10.4 Å². The highest BCUT2D eigenvalue weighted by atomic mass is 16.2. The van der Waals surface area contributed by atoms with Crippen molar-refractivity contribution in [1.29, 1.82) is 0 Å². The highest BCUT2D eigenvalue weighted by molar-refractivity contribution is 5.95. The molecule has 0 aromatic heterocycles. The minimum atomic E-state index is -0.213. The topological polar surface area (TPSA) is 49.3 Å². The zero-order valence-electron chi connectivity index (χ0n) is 11.2. The number of hydrogen-bond acceptors (Lipinski definition) is 2. The van der Waals surface area contributed by atoms with E-state index in [4.69, 9.17) is 5.11 Å². The minimum absolute atomic E-state index is 0.110. The molecule has 2 N–H and O–H groups in total. The Kier molecular flexibility index (Phi) is 4.24. The molecule has 1 fully saturated rings. The molecule has 3 nitrogen and oxygen atoms in total. The summed E-state index contributed by atoms with van der Waals surface area (Å²) in [4.78, 5) is 12.2. The summed E-state index contributed by atoms with van der Waals surface area (Å²) in [7, 11) is 0. The Balaban J connectivity index is 2.01. The van der Waals surface area contributed by atoms with Crippen molar-refractivity contribution >= 4 is 11.6 Å². The lowest BCUT2D eigenvalue weighted by atomic mass is 9.88. The predicted octanol–water partition coefficient (Wildman–Crippen LogP) is 2.55. The first-order valence-corrected chi connectivity index (χ1v) is 6.65. The molecule has 1 aliphatic rings. The molecule has 1 saturated carbocycles. The van der Waals surface area contributed by atoms with Gasteiger partial charge in [-0.3, -0.25) is 4.79 Å². The summed E-state index contributed by atoms with van der Waals surface area (Å²) in [5.41, 5.74) is 1.42. The molecule has 0 unspecified atom stereocenters. The molecular weight excluding hydrogens is 238 g/mol. The molecule has 0 radical (unpaired) electrons. The number of rotatable bonds is 2. The van der Waals surface area contributed by atoms with Gasteiger partial charge in [0, 0.05) is 16.7 Å². The average molecular weight is 257 g/mol. The standard InChI is InChI=1S/C16H19NO2/c1-16(10-2-3-11-16)15(19)17-14-8-6-13(7-9-14)5-4-12-18/h6-9,18H,2-3,10-12H2,1H3,(H,17,19). The molecular formula is C16H19NO2. The maximum Gasteiger partial charge on any atom is 0.230 e. The van der Waals surface area contributed by atoms with E-state index in [1.165, 1.54) is 0 Å². The van der Waals surface area contributed by atoms with Crippen LogP contribution in [0.5, 0.6) is 0 Å². The number of carbonyl (C=O) groups excluding carboxylic acids is 1. The monoisotopic (exact) mass is 257 g/mol. The first-order valence-electron chi connectivity index (χ1n) is 6.65. The summed E-state index contributed by atoms with van der Waals surface area (Å²) in [6, 6.07) is 7.37. The second kappa shape index (κ2) is 5.90. The smallest absolute Gasteiger partial charge is 0.230 e. The molecule has 1 aromatic carbocycles. The zero-order chi connectivity index (χ0) is 13.7. The van der Waals surface area contributed by atoms with Gasteiger partial charge in [0.05, 0.1) is 0 Å². The van der Waals surface area contributed by atoms with Crippen LogP contribution < -0.4 is 5.32 Å². The van der Waals surface area contributed by atoms with Crippen LogP contribution >= 0.6 is 0 Å². The van der Waals surface area contributed by atoms with Crippen LogP contribution in [0.25, 0.3) is 0 Å². The van der Waals surface area contributed by atoms with Gasteiger partial charge in [0.15, 0.2) is 0 Å². The van der Waals surface area contributed by atoms with E-state index < -0.39 is 0 Å².